The van der Waals surface area contributed by atoms with Gasteiger partial charge in [-0.25, -0.2) is 15.0 Å². The highest BCUT2D eigenvalue weighted by atomic mass is 32.1. The average molecular weight is 343 g/mol. The maximum Gasteiger partial charge on any atom is 0.174 e. The van der Waals surface area contributed by atoms with E-state index in [1.165, 1.54) is 0 Å². The minimum atomic E-state index is 0.0328. The van der Waals surface area contributed by atoms with Crippen LogP contribution in [0.3, 0.4) is 0 Å². The van der Waals surface area contributed by atoms with Gasteiger partial charge in [0.1, 0.15) is 6.33 Å². The van der Waals surface area contributed by atoms with Crippen LogP contribution >= 0.6 is 22.7 Å². The molecule has 0 amide bonds. The Morgan fingerprint density at radius 3 is 2.91 bits per heavy atom. The van der Waals surface area contributed by atoms with Crippen LogP contribution in [0.15, 0.2) is 40.7 Å². The molecule has 23 heavy (non-hydrogen) atoms. The van der Waals surface area contributed by atoms with E-state index in [0.717, 1.165) is 16.2 Å². The standard InChI is InChI=1S/C15H13N5OS2/c21-5-4-16-14-12-15(19-13(18-14)11-2-1-6-23-11)20(9-17-12)10-3-7-22-8-10/h1-3,6-9,21H,4-5H2,(H,16,18,19). The van der Waals surface area contributed by atoms with Crippen LogP contribution in [0.4, 0.5) is 5.82 Å². The van der Waals surface area contributed by atoms with E-state index in [2.05, 4.69) is 20.7 Å². The van der Waals surface area contributed by atoms with Crippen LogP contribution in [0.1, 0.15) is 0 Å². The van der Waals surface area contributed by atoms with Crippen molar-refractivity contribution >= 4 is 39.7 Å². The predicted molar refractivity (Wildman–Crippen MR) is 93.4 cm³/mol. The average Bonchev–Trinajstić information content (AvgIpc) is 3.32. The number of aliphatic hydroxyl groups is 1. The zero-order valence-electron chi connectivity index (χ0n) is 12.0. The number of aromatic nitrogens is 4. The molecule has 0 saturated heterocycles. The zero-order valence-corrected chi connectivity index (χ0v) is 13.6. The molecule has 4 rings (SSSR count). The zero-order chi connectivity index (χ0) is 15.6. The smallest absolute Gasteiger partial charge is 0.174 e. The van der Waals surface area contributed by atoms with Crippen LogP contribution in [-0.4, -0.2) is 37.8 Å². The summed E-state index contributed by atoms with van der Waals surface area (Å²) in [5.74, 6) is 1.30. The van der Waals surface area contributed by atoms with Gasteiger partial charge in [-0.2, -0.15) is 11.3 Å². The number of hydrogen-bond acceptors (Lipinski definition) is 7. The van der Waals surface area contributed by atoms with E-state index < -0.39 is 0 Å². The minimum Gasteiger partial charge on any atom is -0.395 e. The Morgan fingerprint density at radius 1 is 1.22 bits per heavy atom. The molecule has 0 aliphatic carbocycles. The first-order valence-electron chi connectivity index (χ1n) is 7.03. The van der Waals surface area contributed by atoms with Gasteiger partial charge in [-0.05, 0) is 22.9 Å². The number of thiophene rings is 2. The molecule has 4 heterocycles. The Kier molecular flexibility index (Phi) is 3.78. The summed E-state index contributed by atoms with van der Waals surface area (Å²) >= 11 is 3.22. The number of anilines is 1. The third kappa shape index (κ3) is 2.61. The normalized spacial score (nSPS) is 11.2. The van der Waals surface area contributed by atoms with Gasteiger partial charge in [0.2, 0.25) is 0 Å². The molecular formula is C15H13N5OS2. The highest BCUT2D eigenvalue weighted by Gasteiger charge is 2.15. The maximum atomic E-state index is 9.08. The molecule has 0 aliphatic rings. The summed E-state index contributed by atoms with van der Waals surface area (Å²) in [6.45, 7) is 0.451. The predicted octanol–water partition coefficient (Wildman–Crippen LogP) is 3.01. The number of fused-ring (bicyclic) bond motifs is 1. The first-order chi connectivity index (χ1) is 11.4. The Labute approximate surface area is 140 Å². The van der Waals surface area contributed by atoms with Crippen molar-refractivity contribution in [3.8, 4) is 16.4 Å². The Hall–Kier alpha value is -2.29. The van der Waals surface area contributed by atoms with Crippen LogP contribution in [0.2, 0.25) is 0 Å². The largest absolute Gasteiger partial charge is 0.395 e. The lowest BCUT2D eigenvalue weighted by atomic mass is 10.4. The first-order valence-corrected chi connectivity index (χ1v) is 8.85. The van der Waals surface area contributed by atoms with E-state index in [1.54, 1.807) is 29.0 Å². The fourth-order valence-electron chi connectivity index (χ4n) is 2.30. The van der Waals surface area contributed by atoms with E-state index in [-0.39, 0.29) is 6.61 Å². The molecule has 0 radical (unpaired) electrons. The molecule has 0 fully saturated rings. The van der Waals surface area contributed by atoms with Crippen molar-refractivity contribution in [2.75, 3.05) is 18.5 Å². The second-order valence-electron chi connectivity index (χ2n) is 4.79. The van der Waals surface area contributed by atoms with Crippen molar-refractivity contribution in [3.05, 3.63) is 40.7 Å². The molecule has 4 aromatic rings. The van der Waals surface area contributed by atoms with Gasteiger partial charge in [-0.1, -0.05) is 6.07 Å². The van der Waals surface area contributed by atoms with Gasteiger partial charge in [-0.15, -0.1) is 11.3 Å². The number of nitrogens with zero attached hydrogens (tertiary/aromatic N) is 4. The minimum absolute atomic E-state index is 0.0328. The van der Waals surface area contributed by atoms with Crippen molar-refractivity contribution in [2.24, 2.45) is 0 Å². The van der Waals surface area contributed by atoms with E-state index in [0.29, 0.717) is 23.7 Å². The number of imidazole rings is 1. The molecule has 4 aromatic heterocycles. The summed E-state index contributed by atoms with van der Waals surface area (Å²) in [5.41, 5.74) is 2.48. The lowest BCUT2D eigenvalue weighted by molar-refractivity contribution is 0.311. The summed E-state index contributed by atoms with van der Waals surface area (Å²) in [5, 5.41) is 18.3. The van der Waals surface area contributed by atoms with Gasteiger partial charge >= 0.3 is 0 Å². The van der Waals surface area contributed by atoms with E-state index >= 15 is 0 Å². The van der Waals surface area contributed by atoms with Crippen molar-refractivity contribution in [2.45, 2.75) is 0 Å². The van der Waals surface area contributed by atoms with Crippen LogP contribution in [0, 0.1) is 0 Å². The van der Waals surface area contributed by atoms with Crippen LogP contribution in [0.25, 0.3) is 27.6 Å². The monoisotopic (exact) mass is 343 g/mol. The Morgan fingerprint density at radius 2 is 2.17 bits per heavy atom. The number of hydrogen-bond donors (Lipinski definition) is 2. The summed E-state index contributed by atoms with van der Waals surface area (Å²) in [4.78, 5) is 14.7. The molecule has 6 nitrogen and oxygen atoms in total. The van der Waals surface area contributed by atoms with Gasteiger partial charge in [0.05, 0.1) is 17.2 Å². The number of nitrogens with one attached hydrogen (secondary N) is 1. The van der Waals surface area contributed by atoms with Crippen molar-refractivity contribution in [1.82, 2.24) is 19.5 Å². The first kappa shape index (κ1) is 14.3. The van der Waals surface area contributed by atoms with Gasteiger partial charge in [0.25, 0.3) is 0 Å². The van der Waals surface area contributed by atoms with Crippen molar-refractivity contribution in [3.63, 3.8) is 0 Å². The van der Waals surface area contributed by atoms with E-state index in [1.807, 2.05) is 33.5 Å². The molecular weight excluding hydrogens is 330 g/mol. The van der Waals surface area contributed by atoms with E-state index in [4.69, 9.17) is 10.1 Å². The molecule has 0 aromatic carbocycles. The van der Waals surface area contributed by atoms with Crippen molar-refractivity contribution in [1.29, 1.82) is 0 Å². The third-order valence-electron chi connectivity index (χ3n) is 3.33. The van der Waals surface area contributed by atoms with Crippen molar-refractivity contribution < 1.29 is 5.11 Å². The summed E-state index contributed by atoms with van der Waals surface area (Å²) in [7, 11) is 0. The summed E-state index contributed by atoms with van der Waals surface area (Å²) in [6, 6.07) is 6.00. The fourth-order valence-corrected chi connectivity index (χ4v) is 3.58. The topological polar surface area (TPSA) is 75.9 Å². The van der Waals surface area contributed by atoms with Crippen LogP contribution in [0.5, 0.6) is 0 Å². The summed E-state index contributed by atoms with van der Waals surface area (Å²) in [6.07, 6.45) is 1.75. The molecule has 0 saturated carbocycles. The molecule has 8 heteroatoms. The van der Waals surface area contributed by atoms with Gasteiger partial charge in [0, 0.05) is 11.9 Å². The van der Waals surface area contributed by atoms with Crippen LogP contribution < -0.4 is 5.32 Å². The highest BCUT2D eigenvalue weighted by Crippen LogP contribution is 2.28. The third-order valence-corrected chi connectivity index (χ3v) is 4.86. The van der Waals surface area contributed by atoms with Gasteiger partial charge < -0.3 is 10.4 Å². The number of rotatable bonds is 5. The van der Waals surface area contributed by atoms with E-state index in [9.17, 15) is 0 Å². The second-order valence-corrected chi connectivity index (χ2v) is 6.52. The lowest BCUT2D eigenvalue weighted by Crippen LogP contribution is -2.09. The molecule has 116 valence electrons. The summed E-state index contributed by atoms with van der Waals surface area (Å²) < 4.78 is 1.95. The molecule has 0 spiro atoms. The highest BCUT2D eigenvalue weighted by molar-refractivity contribution is 7.13. The second kappa shape index (κ2) is 6.07. The lowest BCUT2D eigenvalue weighted by Gasteiger charge is -2.07. The fraction of sp³-hybridized carbons (Fsp3) is 0.133. The maximum absolute atomic E-state index is 9.08. The quantitative estimate of drug-likeness (QED) is 0.582. The molecule has 2 N–H and O–H groups in total. The molecule has 0 aliphatic heterocycles. The van der Waals surface area contributed by atoms with Crippen LogP contribution in [-0.2, 0) is 0 Å². The Bertz CT molecular complexity index is 915. The van der Waals surface area contributed by atoms with Gasteiger partial charge in [-0.3, -0.25) is 4.57 Å². The number of aliphatic hydroxyl groups excluding tert-OH is 1. The van der Waals surface area contributed by atoms with Gasteiger partial charge in [0.15, 0.2) is 22.8 Å². The Balaban J connectivity index is 1.92. The molecule has 0 atom stereocenters. The SMILES string of the molecule is OCCNc1nc(-c2cccs2)nc2c1ncn2-c1ccsc1. The molecule has 0 bridgehead atoms. The molecule has 0 unspecified atom stereocenters.